The zero-order valence-corrected chi connectivity index (χ0v) is 9.07. The minimum Gasteiger partial charge on any atom is -0.428 e. The van der Waals surface area contributed by atoms with Crippen molar-refractivity contribution in [2.24, 2.45) is 5.73 Å². The molecule has 5 nitrogen and oxygen atoms in total. The molecule has 0 heterocycles. The highest BCUT2D eigenvalue weighted by Crippen LogP contribution is 2.08. The highest BCUT2D eigenvalue weighted by molar-refractivity contribution is 5.85. The number of hydrogen-bond acceptors (Lipinski definition) is 5. The third kappa shape index (κ3) is 6.52. The minimum atomic E-state index is -1.07. The molecule has 84 valence electrons. The summed E-state index contributed by atoms with van der Waals surface area (Å²) in [5.41, 5.74) is 4.60. The quantitative estimate of drug-likeness (QED) is 0.417. The van der Waals surface area contributed by atoms with Gasteiger partial charge in [-0.15, -0.1) is 12.3 Å². The van der Waals surface area contributed by atoms with Gasteiger partial charge in [-0.1, -0.05) is 0 Å². The summed E-state index contributed by atoms with van der Waals surface area (Å²) >= 11 is 0. The van der Waals surface area contributed by atoms with Gasteiger partial charge in [0.1, 0.15) is 11.6 Å². The molecule has 0 aliphatic carbocycles. The Morgan fingerprint density at radius 1 is 1.47 bits per heavy atom. The van der Waals surface area contributed by atoms with Crippen LogP contribution in [0.2, 0.25) is 0 Å². The number of carbonyl (C=O) groups is 2. The average molecular weight is 213 g/mol. The topological polar surface area (TPSA) is 78.6 Å². The maximum atomic E-state index is 11.1. The lowest BCUT2D eigenvalue weighted by Crippen LogP contribution is -2.35. The molecule has 0 fully saturated rings. The van der Waals surface area contributed by atoms with Crippen LogP contribution in [0.4, 0.5) is 4.79 Å². The second-order valence-corrected chi connectivity index (χ2v) is 3.90. The summed E-state index contributed by atoms with van der Waals surface area (Å²) in [6.07, 6.45) is 3.89. The first-order valence-electron chi connectivity index (χ1n) is 4.40. The first kappa shape index (κ1) is 13.5. The van der Waals surface area contributed by atoms with Gasteiger partial charge >= 0.3 is 12.1 Å². The summed E-state index contributed by atoms with van der Waals surface area (Å²) in [5, 5.41) is 0. The van der Waals surface area contributed by atoms with Crippen molar-refractivity contribution in [3.63, 3.8) is 0 Å². The molecule has 0 saturated carbocycles. The van der Waals surface area contributed by atoms with Gasteiger partial charge in [0.25, 0.3) is 0 Å². The Kier molecular flexibility index (Phi) is 4.82. The molecule has 5 heteroatoms. The molecule has 0 aromatic heterocycles. The summed E-state index contributed by atoms with van der Waals surface area (Å²) in [6, 6.07) is -0.998. The zero-order chi connectivity index (χ0) is 12.1. The van der Waals surface area contributed by atoms with Crippen molar-refractivity contribution < 1.29 is 19.1 Å². The Morgan fingerprint density at radius 3 is 2.40 bits per heavy atom. The van der Waals surface area contributed by atoms with Crippen LogP contribution in [0.1, 0.15) is 27.2 Å². The minimum absolute atomic E-state index is 0.0155. The number of hydrogen-bond donors (Lipinski definition) is 1. The molecule has 0 saturated heterocycles. The third-order valence-electron chi connectivity index (χ3n) is 1.21. The molecule has 1 atom stereocenters. The van der Waals surface area contributed by atoms with E-state index in [0.29, 0.717) is 0 Å². The largest absolute Gasteiger partial charge is 0.516 e. The summed E-state index contributed by atoms with van der Waals surface area (Å²) in [7, 11) is 0. The van der Waals surface area contributed by atoms with Gasteiger partial charge in [0.05, 0.1) is 0 Å². The molecule has 0 aliphatic heterocycles. The Labute approximate surface area is 88.9 Å². The van der Waals surface area contributed by atoms with Crippen molar-refractivity contribution in [2.75, 3.05) is 0 Å². The van der Waals surface area contributed by atoms with Crippen LogP contribution in [-0.2, 0) is 14.3 Å². The van der Waals surface area contributed by atoms with Gasteiger partial charge in [-0.25, -0.2) is 9.59 Å². The molecule has 0 rings (SSSR count). The zero-order valence-electron chi connectivity index (χ0n) is 9.07. The van der Waals surface area contributed by atoms with Gasteiger partial charge in [-0.2, -0.15) is 0 Å². The second-order valence-electron chi connectivity index (χ2n) is 3.90. The highest BCUT2D eigenvalue weighted by Gasteiger charge is 2.23. The molecule has 0 amide bonds. The van der Waals surface area contributed by atoms with Crippen LogP contribution in [0.15, 0.2) is 0 Å². The number of ether oxygens (including phenoxy) is 2. The number of esters is 1. The molecule has 0 aromatic carbocycles. The van der Waals surface area contributed by atoms with Crippen molar-refractivity contribution in [1.29, 1.82) is 0 Å². The predicted molar refractivity (Wildman–Crippen MR) is 53.8 cm³/mol. The summed E-state index contributed by atoms with van der Waals surface area (Å²) in [6.45, 7) is 4.96. The van der Waals surface area contributed by atoms with Crippen LogP contribution < -0.4 is 5.73 Å². The van der Waals surface area contributed by atoms with Crippen molar-refractivity contribution in [1.82, 2.24) is 0 Å². The van der Waals surface area contributed by atoms with Gasteiger partial charge in [0.2, 0.25) is 0 Å². The Hall–Kier alpha value is -1.54. The molecule has 2 N–H and O–H groups in total. The van der Waals surface area contributed by atoms with E-state index in [-0.39, 0.29) is 6.42 Å². The van der Waals surface area contributed by atoms with Gasteiger partial charge in [0.15, 0.2) is 0 Å². The van der Waals surface area contributed by atoms with Gasteiger partial charge in [0, 0.05) is 6.42 Å². The van der Waals surface area contributed by atoms with Crippen LogP contribution in [0.25, 0.3) is 0 Å². The first-order valence-corrected chi connectivity index (χ1v) is 4.40. The van der Waals surface area contributed by atoms with E-state index in [4.69, 9.17) is 16.9 Å². The predicted octanol–water partition coefficient (Wildman–Crippen LogP) is 0.815. The molecule has 0 spiro atoms. The van der Waals surface area contributed by atoms with E-state index in [1.165, 1.54) is 0 Å². The van der Waals surface area contributed by atoms with Crippen molar-refractivity contribution in [3.05, 3.63) is 0 Å². The first-order chi connectivity index (χ1) is 6.76. The SMILES string of the molecule is C#CCC(N)C(=O)OC(=O)OC(C)(C)C. The standard InChI is InChI=1S/C10H15NO4/c1-5-6-7(11)8(12)14-9(13)15-10(2,3)4/h1,7H,6,11H2,2-4H3. The van der Waals surface area contributed by atoms with Gasteiger partial charge < -0.3 is 15.2 Å². The molecular weight excluding hydrogens is 198 g/mol. The Bertz CT molecular complexity index is 285. The van der Waals surface area contributed by atoms with Gasteiger partial charge in [-0.05, 0) is 20.8 Å². The fraction of sp³-hybridized carbons (Fsp3) is 0.600. The van der Waals surface area contributed by atoms with E-state index in [2.05, 4.69) is 10.7 Å². The van der Waals surface area contributed by atoms with E-state index >= 15 is 0 Å². The molecule has 1 unspecified atom stereocenters. The van der Waals surface area contributed by atoms with E-state index in [0.717, 1.165) is 0 Å². The second kappa shape index (κ2) is 5.37. The van der Waals surface area contributed by atoms with E-state index < -0.39 is 23.8 Å². The average Bonchev–Trinajstić information content (AvgIpc) is 2.00. The smallest absolute Gasteiger partial charge is 0.428 e. The lowest BCUT2D eigenvalue weighted by Gasteiger charge is -2.18. The highest BCUT2D eigenvalue weighted by atomic mass is 16.7. The van der Waals surface area contributed by atoms with Crippen LogP contribution in [0.3, 0.4) is 0 Å². The van der Waals surface area contributed by atoms with E-state index in [1.807, 2.05) is 0 Å². The number of nitrogens with two attached hydrogens (primary N) is 1. The van der Waals surface area contributed by atoms with E-state index in [9.17, 15) is 9.59 Å². The summed E-state index contributed by atoms with van der Waals surface area (Å²) in [4.78, 5) is 22.1. The molecular formula is C10H15NO4. The van der Waals surface area contributed by atoms with Crippen molar-refractivity contribution >= 4 is 12.1 Å². The monoisotopic (exact) mass is 213 g/mol. The lowest BCUT2D eigenvalue weighted by atomic mass is 10.2. The number of rotatable bonds is 2. The van der Waals surface area contributed by atoms with Gasteiger partial charge in [-0.3, -0.25) is 0 Å². The maximum absolute atomic E-state index is 11.1. The third-order valence-corrected chi connectivity index (χ3v) is 1.21. The molecule has 0 aromatic rings. The lowest BCUT2D eigenvalue weighted by molar-refractivity contribution is -0.142. The normalized spacial score (nSPS) is 12.5. The van der Waals surface area contributed by atoms with E-state index in [1.54, 1.807) is 20.8 Å². The van der Waals surface area contributed by atoms with Crippen molar-refractivity contribution in [3.8, 4) is 12.3 Å². The fourth-order valence-corrected chi connectivity index (χ4v) is 0.639. The summed E-state index contributed by atoms with van der Waals surface area (Å²) in [5.74, 6) is 1.31. The maximum Gasteiger partial charge on any atom is 0.516 e. The van der Waals surface area contributed by atoms with Crippen LogP contribution in [0.5, 0.6) is 0 Å². The number of carbonyl (C=O) groups excluding carboxylic acids is 2. The van der Waals surface area contributed by atoms with Crippen LogP contribution >= 0.6 is 0 Å². The van der Waals surface area contributed by atoms with Crippen molar-refractivity contribution in [2.45, 2.75) is 38.8 Å². The Balaban J connectivity index is 4.09. The Morgan fingerprint density at radius 2 is 2.00 bits per heavy atom. The fourth-order valence-electron chi connectivity index (χ4n) is 0.639. The molecule has 0 aliphatic rings. The molecule has 0 radical (unpaired) electrons. The summed E-state index contributed by atoms with van der Waals surface area (Å²) < 4.78 is 9.07. The molecule has 15 heavy (non-hydrogen) atoms. The van der Waals surface area contributed by atoms with Crippen LogP contribution in [-0.4, -0.2) is 23.8 Å². The molecule has 0 bridgehead atoms. The number of terminal acetylenes is 1. The van der Waals surface area contributed by atoms with Crippen LogP contribution in [0, 0.1) is 12.3 Å².